The molecule has 0 spiro atoms. The molecule has 0 saturated carbocycles. The van der Waals surface area contributed by atoms with Crippen LogP contribution in [0.1, 0.15) is 74.9 Å². The zero-order valence-corrected chi connectivity index (χ0v) is 24.2. The SMILES string of the molecule is CC(C)(c1ccccc1)c1ccc(O)c(C(C)(C)c2ccccc2)c1C(C)(C)c1ccccc1.[O]=[Ti][OH]. The summed E-state index contributed by atoms with van der Waals surface area (Å²) in [5.74, 6) is 0.348. The first kappa shape index (κ1) is 28.7. The summed E-state index contributed by atoms with van der Waals surface area (Å²) < 4.78 is 15.8. The van der Waals surface area contributed by atoms with Crippen LogP contribution in [0.15, 0.2) is 103 Å². The van der Waals surface area contributed by atoms with Crippen LogP contribution in [0.25, 0.3) is 0 Å². The Hall–Kier alpha value is -2.85. The van der Waals surface area contributed by atoms with Crippen molar-refractivity contribution in [2.45, 2.75) is 57.8 Å². The first-order valence-electron chi connectivity index (χ1n) is 12.5. The van der Waals surface area contributed by atoms with E-state index in [9.17, 15) is 5.11 Å². The van der Waals surface area contributed by atoms with Crippen LogP contribution < -0.4 is 0 Å². The molecule has 0 saturated heterocycles. The van der Waals surface area contributed by atoms with Crippen molar-refractivity contribution in [2.24, 2.45) is 0 Å². The van der Waals surface area contributed by atoms with Gasteiger partial charge in [0.15, 0.2) is 0 Å². The van der Waals surface area contributed by atoms with Gasteiger partial charge in [0.25, 0.3) is 0 Å². The van der Waals surface area contributed by atoms with E-state index in [0.29, 0.717) is 5.75 Å². The van der Waals surface area contributed by atoms with E-state index in [1.807, 2.05) is 12.1 Å². The zero-order valence-electron chi connectivity index (χ0n) is 22.6. The van der Waals surface area contributed by atoms with Crippen molar-refractivity contribution < 1.29 is 31.6 Å². The van der Waals surface area contributed by atoms with Crippen molar-refractivity contribution in [1.29, 1.82) is 0 Å². The van der Waals surface area contributed by atoms with E-state index in [2.05, 4.69) is 133 Å². The van der Waals surface area contributed by atoms with Crippen LogP contribution in [0.5, 0.6) is 5.75 Å². The third-order valence-electron chi connectivity index (χ3n) is 7.59. The minimum atomic E-state index is -1.75. The molecule has 0 amide bonds. The van der Waals surface area contributed by atoms with E-state index >= 15 is 0 Å². The predicted octanol–water partition coefficient (Wildman–Crippen LogP) is 7.69. The summed E-state index contributed by atoms with van der Waals surface area (Å²) in [6.45, 7) is 13.6. The molecule has 3 nitrogen and oxygen atoms in total. The number of rotatable bonds is 6. The Kier molecular flexibility index (Phi) is 9.07. The van der Waals surface area contributed by atoms with E-state index in [4.69, 9.17) is 7.01 Å². The summed E-state index contributed by atoms with van der Waals surface area (Å²) in [5, 5.41) is 11.5. The molecular weight excluding hydrogens is 492 g/mol. The first-order valence-corrected chi connectivity index (χ1v) is 13.9. The number of benzene rings is 4. The molecular formula is C33H37O3Ti. The van der Waals surface area contributed by atoms with Gasteiger partial charge in [-0.15, -0.1) is 0 Å². The number of phenols is 1. The fourth-order valence-electron chi connectivity index (χ4n) is 5.40. The molecule has 0 unspecified atom stereocenters. The van der Waals surface area contributed by atoms with Crippen molar-refractivity contribution in [3.63, 3.8) is 0 Å². The quantitative estimate of drug-likeness (QED) is 0.252. The summed E-state index contributed by atoms with van der Waals surface area (Å²) in [6, 6.07) is 35.9. The topological polar surface area (TPSA) is 57.5 Å². The summed E-state index contributed by atoms with van der Waals surface area (Å²) in [7, 11) is 0. The standard InChI is InChI=1S/C33H36O.H2O.O.Ti/c1-31(2,24-16-10-7-11-17-24)27-22-23-28(34)30(33(5,6)26-20-14-9-15-21-26)29(27)32(3,4)25-18-12-8-13-19-25;;;/h7-23,34H,1-6H3;1H2;;/q;;;+1/p-1. The van der Waals surface area contributed by atoms with E-state index in [-0.39, 0.29) is 10.8 Å². The summed E-state index contributed by atoms with van der Waals surface area (Å²) in [4.78, 5) is 0. The molecule has 0 aromatic heterocycles. The third-order valence-corrected chi connectivity index (χ3v) is 7.59. The average Bonchev–Trinajstić information content (AvgIpc) is 2.90. The normalized spacial score (nSPS) is 11.8. The molecule has 0 atom stereocenters. The van der Waals surface area contributed by atoms with E-state index in [1.54, 1.807) is 0 Å². The fourth-order valence-corrected chi connectivity index (χ4v) is 5.40. The number of aromatic hydroxyl groups is 1. The molecule has 0 heterocycles. The van der Waals surface area contributed by atoms with Gasteiger partial charge in [-0.2, -0.15) is 0 Å². The maximum atomic E-state index is 11.5. The average molecular weight is 530 g/mol. The monoisotopic (exact) mass is 529 g/mol. The molecule has 4 heteroatoms. The number of hydrogen-bond acceptors (Lipinski definition) is 2. The van der Waals surface area contributed by atoms with Crippen LogP contribution in [0.3, 0.4) is 0 Å². The molecule has 4 aromatic carbocycles. The van der Waals surface area contributed by atoms with Crippen LogP contribution in [0.2, 0.25) is 0 Å². The Morgan fingerprint density at radius 3 is 1.22 bits per heavy atom. The summed E-state index contributed by atoms with van der Waals surface area (Å²) >= 11 is -1.75. The van der Waals surface area contributed by atoms with Gasteiger partial charge >= 0.3 is 26.5 Å². The molecule has 4 aromatic rings. The van der Waals surface area contributed by atoms with Crippen LogP contribution in [0.4, 0.5) is 0 Å². The van der Waals surface area contributed by atoms with Crippen molar-refractivity contribution in [2.75, 3.05) is 0 Å². The third kappa shape index (κ3) is 5.85. The predicted molar refractivity (Wildman–Crippen MR) is 147 cm³/mol. The molecule has 0 aliphatic rings. The van der Waals surface area contributed by atoms with Crippen molar-refractivity contribution in [3.05, 3.63) is 137 Å². The Morgan fingerprint density at radius 1 is 0.514 bits per heavy atom. The van der Waals surface area contributed by atoms with Crippen molar-refractivity contribution >= 4 is 0 Å². The van der Waals surface area contributed by atoms with Crippen LogP contribution in [0, 0.1) is 0 Å². The first-order chi connectivity index (χ1) is 17.5. The Morgan fingerprint density at radius 2 is 0.838 bits per heavy atom. The summed E-state index contributed by atoms with van der Waals surface area (Å²) in [5.41, 5.74) is 6.13. The maximum absolute atomic E-state index is 11.5. The molecule has 0 aliphatic heterocycles. The Balaban J connectivity index is 0.00000121. The van der Waals surface area contributed by atoms with E-state index < -0.39 is 24.9 Å². The second-order valence-electron chi connectivity index (χ2n) is 10.9. The van der Waals surface area contributed by atoms with Gasteiger partial charge in [0.2, 0.25) is 0 Å². The molecule has 0 fully saturated rings. The molecule has 0 radical (unpaired) electrons. The van der Waals surface area contributed by atoms with E-state index in [0.717, 1.165) is 5.56 Å². The van der Waals surface area contributed by atoms with Gasteiger partial charge in [0.1, 0.15) is 5.75 Å². The second kappa shape index (κ2) is 11.7. The van der Waals surface area contributed by atoms with Gasteiger partial charge in [-0.1, -0.05) is 139 Å². The van der Waals surface area contributed by atoms with Gasteiger partial charge in [-0.05, 0) is 33.9 Å². The van der Waals surface area contributed by atoms with E-state index in [1.165, 1.54) is 27.8 Å². The van der Waals surface area contributed by atoms with Crippen LogP contribution in [-0.2, 0) is 39.1 Å². The zero-order chi connectivity index (χ0) is 27.3. The summed E-state index contributed by atoms with van der Waals surface area (Å²) in [6.07, 6.45) is 0. The van der Waals surface area contributed by atoms with Gasteiger partial charge < -0.3 is 5.11 Å². The minimum absolute atomic E-state index is 0.252. The molecule has 2 N–H and O–H groups in total. The van der Waals surface area contributed by atoms with Gasteiger partial charge in [-0.3, -0.25) is 0 Å². The van der Waals surface area contributed by atoms with Crippen LogP contribution in [-0.4, -0.2) is 8.79 Å². The van der Waals surface area contributed by atoms with Crippen molar-refractivity contribution in [1.82, 2.24) is 0 Å². The Labute approximate surface area is 231 Å². The molecule has 37 heavy (non-hydrogen) atoms. The van der Waals surface area contributed by atoms with Gasteiger partial charge in [-0.25, -0.2) is 0 Å². The second-order valence-corrected chi connectivity index (χ2v) is 11.2. The van der Waals surface area contributed by atoms with Crippen LogP contribution >= 0.6 is 0 Å². The Bertz CT molecular complexity index is 1310. The molecule has 191 valence electrons. The van der Waals surface area contributed by atoms with Gasteiger partial charge in [0, 0.05) is 21.8 Å². The van der Waals surface area contributed by atoms with Gasteiger partial charge in [0.05, 0.1) is 0 Å². The number of hydrogen-bond donors (Lipinski definition) is 2. The molecule has 0 aliphatic carbocycles. The van der Waals surface area contributed by atoms with Crippen molar-refractivity contribution in [3.8, 4) is 5.75 Å². The molecule has 4 rings (SSSR count). The molecule has 0 bridgehead atoms. The fraction of sp³-hybridized carbons (Fsp3) is 0.273. The number of phenolic OH excluding ortho intramolecular Hbond substituents is 1.